The van der Waals surface area contributed by atoms with E-state index in [1.54, 1.807) is 5.38 Å². The van der Waals surface area contributed by atoms with Crippen LogP contribution in [0.5, 0.6) is 0 Å². The number of carbonyl (C=O) groups is 5. The van der Waals surface area contributed by atoms with Crippen molar-refractivity contribution in [3.63, 3.8) is 0 Å². The number of likely N-dealkylation sites (tertiary alicyclic amines) is 1. The van der Waals surface area contributed by atoms with Gasteiger partial charge in [0.1, 0.15) is 11.0 Å². The summed E-state index contributed by atoms with van der Waals surface area (Å²) in [5.41, 5.74) is 5.36. The molecule has 3 rings (SSSR count). The summed E-state index contributed by atoms with van der Waals surface area (Å²) >= 11 is 1.11. The number of rotatable bonds is 6. The Labute approximate surface area is 165 Å². The molecule has 1 aromatic heterocycles. The maximum atomic E-state index is 12.5. The lowest BCUT2D eigenvalue weighted by molar-refractivity contribution is -0.159. The first-order valence-corrected chi connectivity index (χ1v) is 9.90. The lowest BCUT2D eigenvalue weighted by Crippen LogP contribution is -2.45. The van der Waals surface area contributed by atoms with Crippen LogP contribution in [0.25, 0.3) is 0 Å². The number of amides is 4. The quantitative estimate of drug-likeness (QED) is 0.531. The van der Waals surface area contributed by atoms with Crippen LogP contribution in [0.4, 0.5) is 5.00 Å². The number of nitrogens with two attached hydrogens (primary N) is 1. The van der Waals surface area contributed by atoms with Crippen LogP contribution >= 0.6 is 11.3 Å². The summed E-state index contributed by atoms with van der Waals surface area (Å²) < 4.78 is 4.97. The second kappa shape index (κ2) is 8.09. The SMILES string of the molecule is C[C@@H](C(=O)OCC(=O)Nc1sccc1C(N)=O)N1C(=O)[C@@H]2CCCC[C@H]2C1=O. The maximum absolute atomic E-state index is 12.5. The topological polar surface area (TPSA) is 136 Å². The van der Waals surface area contributed by atoms with Gasteiger partial charge in [-0.1, -0.05) is 12.8 Å². The number of nitrogens with one attached hydrogen (secondary N) is 1. The molecule has 2 aliphatic rings. The summed E-state index contributed by atoms with van der Waals surface area (Å²) in [6.45, 7) is 0.806. The van der Waals surface area contributed by atoms with Crippen molar-refractivity contribution in [1.29, 1.82) is 0 Å². The minimum atomic E-state index is -1.10. The van der Waals surface area contributed by atoms with E-state index < -0.39 is 30.4 Å². The second-order valence-electron chi connectivity index (χ2n) is 6.90. The van der Waals surface area contributed by atoms with Crippen LogP contribution in [0.15, 0.2) is 11.4 Å². The number of anilines is 1. The number of fused-ring (bicyclic) bond motifs is 1. The lowest BCUT2D eigenvalue weighted by Gasteiger charge is -2.21. The Hall–Kier alpha value is -2.75. The predicted molar refractivity (Wildman–Crippen MR) is 99.2 cm³/mol. The molecule has 28 heavy (non-hydrogen) atoms. The highest BCUT2D eigenvalue weighted by Crippen LogP contribution is 2.38. The Morgan fingerprint density at radius 3 is 2.43 bits per heavy atom. The Morgan fingerprint density at radius 1 is 1.25 bits per heavy atom. The van der Waals surface area contributed by atoms with Crippen LogP contribution in [0.3, 0.4) is 0 Å². The van der Waals surface area contributed by atoms with E-state index in [2.05, 4.69) is 5.32 Å². The van der Waals surface area contributed by atoms with Crippen LogP contribution < -0.4 is 11.1 Å². The fraction of sp³-hybridized carbons (Fsp3) is 0.500. The monoisotopic (exact) mass is 407 g/mol. The summed E-state index contributed by atoms with van der Waals surface area (Å²) in [7, 11) is 0. The molecule has 1 aliphatic heterocycles. The Morgan fingerprint density at radius 2 is 1.86 bits per heavy atom. The minimum Gasteiger partial charge on any atom is -0.454 e. The number of hydrogen-bond acceptors (Lipinski definition) is 7. The van der Waals surface area contributed by atoms with Crippen molar-refractivity contribution in [2.24, 2.45) is 17.6 Å². The number of esters is 1. The molecule has 3 N–H and O–H groups in total. The van der Waals surface area contributed by atoms with Gasteiger partial charge in [0.25, 0.3) is 11.8 Å². The summed E-state index contributed by atoms with van der Waals surface area (Å²) in [5, 5.41) is 4.30. The Bertz CT molecular complexity index is 811. The molecule has 0 aromatic carbocycles. The van der Waals surface area contributed by atoms with E-state index in [1.165, 1.54) is 13.0 Å². The van der Waals surface area contributed by atoms with Gasteiger partial charge in [0.15, 0.2) is 6.61 Å². The third-order valence-corrected chi connectivity index (χ3v) is 5.96. The van der Waals surface area contributed by atoms with Gasteiger partial charge in [-0.3, -0.25) is 24.1 Å². The second-order valence-corrected chi connectivity index (χ2v) is 7.82. The summed E-state index contributed by atoms with van der Waals surface area (Å²) in [6.07, 6.45) is 3.09. The fourth-order valence-electron chi connectivity index (χ4n) is 3.70. The highest BCUT2D eigenvalue weighted by atomic mass is 32.1. The van der Waals surface area contributed by atoms with Crippen LogP contribution in [0, 0.1) is 11.8 Å². The van der Waals surface area contributed by atoms with E-state index in [0.717, 1.165) is 29.1 Å². The number of hydrogen-bond donors (Lipinski definition) is 2. The lowest BCUT2D eigenvalue weighted by atomic mass is 9.81. The van der Waals surface area contributed by atoms with E-state index in [-0.39, 0.29) is 34.2 Å². The zero-order valence-corrected chi connectivity index (χ0v) is 16.1. The zero-order valence-electron chi connectivity index (χ0n) is 15.3. The molecule has 0 radical (unpaired) electrons. The molecule has 10 heteroatoms. The summed E-state index contributed by atoms with van der Waals surface area (Å²) in [5.74, 6) is -3.57. The van der Waals surface area contributed by atoms with Gasteiger partial charge >= 0.3 is 5.97 Å². The molecule has 2 heterocycles. The average Bonchev–Trinajstić information content (AvgIpc) is 3.23. The smallest absolute Gasteiger partial charge is 0.329 e. The van der Waals surface area contributed by atoms with Crippen molar-refractivity contribution < 1.29 is 28.7 Å². The molecule has 0 unspecified atom stereocenters. The number of thiophene rings is 1. The van der Waals surface area contributed by atoms with Gasteiger partial charge in [0.2, 0.25) is 11.8 Å². The van der Waals surface area contributed by atoms with Crippen LogP contribution in [0.2, 0.25) is 0 Å². The molecular formula is C18H21N3O6S. The van der Waals surface area contributed by atoms with Gasteiger partial charge in [-0.2, -0.15) is 0 Å². The molecule has 0 bridgehead atoms. The standard InChI is InChI=1S/C18H21N3O6S/c1-9(21-16(24)10-4-2-3-5-11(10)17(21)25)18(26)27-8-13(22)20-15-12(14(19)23)6-7-28-15/h6-7,9-11H,2-5,8H2,1H3,(H2,19,23)(H,20,22)/t9-,10+,11+/m0/s1. The molecule has 1 saturated heterocycles. The van der Waals surface area contributed by atoms with E-state index in [0.29, 0.717) is 12.8 Å². The molecule has 1 aromatic rings. The Kier molecular flexibility index (Phi) is 5.78. The number of carbonyl (C=O) groups excluding carboxylic acids is 5. The largest absolute Gasteiger partial charge is 0.454 e. The highest BCUT2D eigenvalue weighted by molar-refractivity contribution is 7.14. The molecule has 3 atom stereocenters. The number of imide groups is 1. The first kappa shape index (κ1) is 20.0. The van der Waals surface area contributed by atoms with Crippen LogP contribution in [0.1, 0.15) is 43.0 Å². The van der Waals surface area contributed by atoms with Gasteiger partial charge in [-0.05, 0) is 31.2 Å². The van der Waals surface area contributed by atoms with Crippen molar-refractivity contribution in [2.75, 3.05) is 11.9 Å². The maximum Gasteiger partial charge on any atom is 0.329 e. The first-order valence-electron chi connectivity index (χ1n) is 9.02. The minimum absolute atomic E-state index is 0.161. The van der Waals surface area contributed by atoms with Gasteiger partial charge in [0, 0.05) is 0 Å². The molecule has 4 amide bonds. The van der Waals surface area contributed by atoms with Gasteiger partial charge in [-0.25, -0.2) is 4.79 Å². The normalized spacial score (nSPS) is 22.5. The molecule has 1 saturated carbocycles. The average molecular weight is 407 g/mol. The number of ether oxygens (including phenoxy) is 1. The van der Waals surface area contributed by atoms with Gasteiger partial charge < -0.3 is 15.8 Å². The molecule has 9 nitrogen and oxygen atoms in total. The number of nitrogens with zero attached hydrogens (tertiary/aromatic N) is 1. The van der Waals surface area contributed by atoms with Crippen LogP contribution in [-0.2, 0) is 23.9 Å². The highest BCUT2D eigenvalue weighted by Gasteiger charge is 2.51. The Balaban J connectivity index is 1.56. The number of primary amides is 1. The van der Waals surface area contributed by atoms with Gasteiger partial charge in [0.05, 0.1) is 17.4 Å². The zero-order chi connectivity index (χ0) is 20.4. The third kappa shape index (κ3) is 3.77. The van der Waals surface area contributed by atoms with Crippen molar-refractivity contribution in [3.8, 4) is 0 Å². The van der Waals surface area contributed by atoms with E-state index >= 15 is 0 Å². The van der Waals surface area contributed by atoms with Crippen molar-refractivity contribution in [3.05, 3.63) is 17.0 Å². The van der Waals surface area contributed by atoms with Crippen molar-refractivity contribution in [2.45, 2.75) is 38.6 Å². The van der Waals surface area contributed by atoms with Gasteiger partial charge in [-0.15, -0.1) is 11.3 Å². The molecular weight excluding hydrogens is 386 g/mol. The van der Waals surface area contributed by atoms with E-state index in [1.807, 2.05) is 0 Å². The van der Waals surface area contributed by atoms with Crippen LogP contribution in [-0.4, -0.2) is 47.1 Å². The first-order chi connectivity index (χ1) is 13.3. The van der Waals surface area contributed by atoms with Crippen molar-refractivity contribution in [1.82, 2.24) is 4.90 Å². The molecule has 150 valence electrons. The van der Waals surface area contributed by atoms with E-state index in [4.69, 9.17) is 10.5 Å². The van der Waals surface area contributed by atoms with E-state index in [9.17, 15) is 24.0 Å². The fourth-order valence-corrected chi connectivity index (χ4v) is 4.50. The predicted octanol–water partition coefficient (Wildman–Crippen LogP) is 0.892. The third-order valence-electron chi connectivity index (χ3n) is 5.13. The molecule has 1 aliphatic carbocycles. The molecule has 0 spiro atoms. The molecule has 2 fully saturated rings. The van der Waals surface area contributed by atoms with Crippen molar-refractivity contribution >= 4 is 45.9 Å². The summed E-state index contributed by atoms with van der Waals surface area (Å²) in [4.78, 5) is 61.6. The summed E-state index contributed by atoms with van der Waals surface area (Å²) in [6, 6.07) is 0.377.